The fourth-order valence-corrected chi connectivity index (χ4v) is 4.39. The lowest BCUT2D eigenvalue weighted by Gasteiger charge is -2.37. The van der Waals surface area contributed by atoms with E-state index in [0.29, 0.717) is 0 Å². The molecule has 2 atom stereocenters. The summed E-state index contributed by atoms with van der Waals surface area (Å²) < 4.78 is 5.34. The quantitative estimate of drug-likeness (QED) is 0.832. The first-order chi connectivity index (χ1) is 10.7. The number of hydrogen-bond acceptors (Lipinski definition) is 1. The number of nitrogens with one attached hydrogen (secondary N) is 2. The normalized spacial score (nSPS) is 32.6. The van der Waals surface area contributed by atoms with Crippen molar-refractivity contribution < 1.29 is 14.5 Å². The maximum Gasteiger partial charge on any atom is 0.127 e. The average molecular weight is 304 g/mol. The van der Waals surface area contributed by atoms with Gasteiger partial charge in [-0.15, -0.1) is 0 Å². The van der Waals surface area contributed by atoms with Gasteiger partial charge in [-0.3, -0.25) is 0 Å². The zero-order chi connectivity index (χ0) is 15.4. The molecule has 0 spiro atoms. The molecule has 2 unspecified atom stereocenters. The molecule has 2 N–H and O–H groups in total. The zero-order valence-corrected chi connectivity index (χ0v) is 14.2. The van der Waals surface area contributed by atoms with Crippen molar-refractivity contribution in [1.82, 2.24) is 0 Å². The predicted octanol–water partition coefficient (Wildman–Crippen LogP) is 0.557. The van der Waals surface area contributed by atoms with Gasteiger partial charge in [0.25, 0.3) is 0 Å². The van der Waals surface area contributed by atoms with E-state index in [2.05, 4.69) is 25.1 Å². The molecule has 3 heteroatoms. The minimum absolute atomic E-state index is 0.946. The third kappa shape index (κ3) is 4.02. The molecule has 2 fully saturated rings. The highest BCUT2D eigenvalue weighted by Crippen LogP contribution is 2.21. The van der Waals surface area contributed by atoms with Crippen LogP contribution >= 0.6 is 0 Å². The fraction of sp³-hybridized carbons (Fsp3) is 0.684. The Balaban J connectivity index is 1.49. The van der Waals surface area contributed by atoms with Crippen molar-refractivity contribution in [2.75, 3.05) is 33.3 Å². The van der Waals surface area contributed by atoms with Crippen molar-refractivity contribution in [3.05, 3.63) is 29.8 Å². The first-order valence-corrected chi connectivity index (χ1v) is 9.05. The highest BCUT2D eigenvalue weighted by molar-refractivity contribution is 5.27. The van der Waals surface area contributed by atoms with Crippen LogP contribution in [0.4, 0.5) is 0 Å². The topological polar surface area (TPSA) is 18.1 Å². The van der Waals surface area contributed by atoms with Crippen molar-refractivity contribution >= 4 is 0 Å². The van der Waals surface area contributed by atoms with E-state index in [1.54, 1.807) is 12.0 Å². The summed E-state index contributed by atoms with van der Waals surface area (Å²) in [6, 6.07) is 9.51. The molecule has 1 saturated carbocycles. The largest absolute Gasteiger partial charge is 0.497 e. The van der Waals surface area contributed by atoms with Gasteiger partial charge in [0.05, 0.1) is 13.2 Å². The van der Waals surface area contributed by atoms with Crippen LogP contribution in [0.5, 0.6) is 5.75 Å². The van der Waals surface area contributed by atoms with Crippen LogP contribution in [0.15, 0.2) is 24.3 Å². The van der Waals surface area contributed by atoms with E-state index in [-0.39, 0.29) is 0 Å². The molecule has 1 heterocycles. The molecule has 3 nitrogen and oxygen atoms in total. The third-order valence-corrected chi connectivity index (χ3v) is 5.70. The molecular formula is C19H32N2O+2. The Bertz CT molecular complexity index is 468. The molecule has 0 bridgehead atoms. The van der Waals surface area contributed by atoms with Crippen molar-refractivity contribution in [1.29, 1.82) is 0 Å². The van der Waals surface area contributed by atoms with Gasteiger partial charge in [-0.1, -0.05) is 25.5 Å². The van der Waals surface area contributed by atoms with Gasteiger partial charge in [-0.2, -0.15) is 0 Å². The summed E-state index contributed by atoms with van der Waals surface area (Å²) in [5.74, 6) is 1.94. The highest BCUT2D eigenvalue weighted by Gasteiger charge is 2.32. The number of hydrogen-bond donors (Lipinski definition) is 2. The number of rotatable bonds is 4. The Morgan fingerprint density at radius 2 is 1.95 bits per heavy atom. The zero-order valence-electron chi connectivity index (χ0n) is 14.2. The Labute approximate surface area is 135 Å². The molecule has 0 radical (unpaired) electrons. The Morgan fingerprint density at radius 3 is 2.68 bits per heavy atom. The number of benzene rings is 1. The second-order valence-electron chi connectivity index (χ2n) is 7.41. The smallest absolute Gasteiger partial charge is 0.127 e. The molecule has 1 aliphatic carbocycles. The maximum absolute atomic E-state index is 5.34. The van der Waals surface area contributed by atoms with Gasteiger partial charge >= 0.3 is 0 Å². The van der Waals surface area contributed by atoms with Crippen LogP contribution < -0.4 is 14.5 Å². The molecule has 22 heavy (non-hydrogen) atoms. The lowest BCUT2D eigenvalue weighted by atomic mass is 9.86. The summed E-state index contributed by atoms with van der Waals surface area (Å²) >= 11 is 0. The summed E-state index contributed by atoms with van der Waals surface area (Å²) in [6.45, 7) is 8.93. The molecule has 1 aliphatic heterocycles. The number of ether oxygens (including phenoxy) is 1. The van der Waals surface area contributed by atoms with E-state index in [0.717, 1.165) is 24.3 Å². The van der Waals surface area contributed by atoms with Crippen molar-refractivity contribution in [3.63, 3.8) is 0 Å². The predicted molar refractivity (Wildman–Crippen MR) is 89.5 cm³/mol. The van der Waals surface area contributed by atoms with Crippen LogP contribution in [0.25, 0.3) is 0 Å². The van der Waals surface area contributed by atoms with Crippen LogP contribution in [0.1, 0.15) is 38.2 Å². The summed E-state index contributed by atoms with van der Waals surface area (Å²) in [6.07, 6.45) is 5.83. The summed E-state index contributed by atoms with van der Waals surface area (Å²) in [4.78, 5) is 3.63. The minimum atomic E-state index is 0.946. The molecule has 3 rings (SSSR count). The van der Waals surface area contributed by atoms with Gasteiger partial charge < -0.3 is 14.5 Å². The standard InChI is InChI=1S/C19H30N2O/c1-16-5-3-7-18(13-16)21-11-9-20(10-12-21)15-17-6-4-8-19(14-17)22-2/h4,6,8,14,16,18H,3,5,7,9-13,15H2,1-2H3/p+2. The minimum Gasteiger partial charge on any atom is -0.497 e. The summed E-state index contributed by atoms with van der Waals surface area (Å²) in [5.41, 5.74) is 1.41. The van der Waals surface area contributed by atoms with Crippen molar-refractivity contribution in [2.45, 2.75) is 45.2 Å². The molecule has 1 aromatic carbocycles. The van der Waals surface area contributed by atoms with Gasteiger partial charge in [-0.05, 0) is 30.9 Å². The van der Waals surface area contributed by atoms with E-state index in [9.17, 15) is 0 Å². The van der Waals surface area contributed by atoms with Crippen LogP contribution in [-0.4, -0.2) is 39.3 Å². The molecule has 1 saturated heterocycles. The SMILES string of the molecule is COc1cccc(C[NH+]2CC[NH+](C3CCCC(C)C3)CC2)c1. The molecule has 0 amide bonds. The van der Waals surface area contributed by atoms with E-state index in [1.807, 2.05) is 11.0 Å². The fourth-order valence-electron chi connectivity index (χ4n) is 4.39. The average Bonchev–Trinajstić information content (AvgIpc) is 2.56. The molecule has 0 aromatic heterocycles. The van der Waals surface area contributed by atoms with E-state index >= 15 is 0 Å². The highest BCUT2D eigenvalue weighted by atomic mass is 16.5. The Hall–Kier alpha value is -1.06. The lowest BCUT2D eigenvalue weighted by molar-refractivity contribution is -1.03. The van der Waals surface area contributed by atoms with Crippen LogP contribution in [-0.2, 0) is 6.54 Å². The van der Waals surface area contributed by atoms with E-state index in [1.165, 1.54) is 57.4 Å². The lowest BCUT2D eigenvalue weighted by Crippen LogP contribution is -3.29. The van der Waals surface area contributed by atoms with Crippen molar-refractivity contribution in [2.24, 2.45) is 5.92 Å². The van der Waals surface area contributed by atoms with Crippen LogP contribution in [0.3, 0.4) is 0 Å². The van der Waals surface area contributed by atoms with E-state index < -0.39 is 0 Å². The molecule has 2 aliphatic rings. The first kappa shape index (κ1) is 15.8. The summed E-state index contributed by atoms with van der Waals surface area (Å²) in [5, 5.41) is 0. The molecule has 122 valence electrons. The van der Waals surface area contributed by atoms with Gasteiger partial charge in [0, 0.05) is 12.0 Å². The van der Waals surface area contributed by atoms with Gasteiger partial charge in [-0.25, -0.2) is 0 Å². The number of methoxy groups -OCH3 is 1. The first-order valence-electron chi connectivity index (χ1n) is 9.05. The summed E-state index contributed by atoms with van der Waals surface area (Å²) in [7, 11) is 1.75. The van der Waals surface area contributed by atoms with Crippen molar-refractivity contribution in [3.8, 4) is 5.75 Å². The monoisotopic (exact) mass is 304 g/mol. The second kappa shape index (κ2) is 7.47. The second-order valence-corrected chi connectivity index (χ2v) is 7.41. The Morgan fingerprint density at radius 1 is 1.14 bits per heavy atom. The third-order valence-electron chi connectivity index (χ3n) is 5.70. The van der Waals surface area contributed by atoms with Gasteiger partial charge in [0.1, 0.15) is 38.5 Å². The molecular weight excluding hydrogens is 272 g/mol. The molecule has 1 aromatic rings. The van der Waals surface area contributed by atoms with E-state index in [4.69, 9.17) is 4.74 Å². The maximum atomic E-state index is 5.34. The Kier molecular flexibility index (Phi) is 5.37. The van der Waals surface area contributed by atoms with Gasteiger partial charge in [0.15, 0.2) is 0 Å². The van der Waals surface area contributed by atoms with Crippen LogP contribution in [0, 0.1) is 5.92 Å². The van der Waals surface area contributed by atoms with Crippen LogP contribution in [0.2, 0.25) is 0 Å². The number of quaternary nitrogens is 2. The van der Waals surface area contributed by atoms with Gasteiger partial charge in [0.2, 0.25) is 0 Å². The number of piperazine rings is 1.